The molecule has 0 fully saturated rings. The standard InChI is InChI=1S/C13H22N4O/c1-5-9(6-2)18-11-8-7-10(12(14)15-3)13(16-4)17-11/h7-9H,5-6H2,1-4H3,(H2,14,15)(H,16,17). The molecular weight excluding hydrogens is 228 g/mol. The summed E-state index contributed by atoms with van der Waals surface area (Å²) in [5, 5.41) is 3.01. The maximum atomic E-state index is 5.80. The van der Waals surface area contributed by atoms with Crippen LogP contribution >= 0.6 is 0 Å². The second-order valence-electron chi connectivity index (χ2n) is 3.96. The zero-order valence-corrected chi connectivity index (χ0v) is 11.5. The molecule has 100 valence electrons. The average Bonchev–Trinajstić information content (AvgIpc) is 2.43. The van der Waals surface area contributed by atoms with E-state index < -0.39 is 0 Å². The van der Waals surface area contributed by atoms with E-state index in [2.05, 4.69) is 29.1 Å². The van der Waals surface area contributed by atoms with Crippen LogP contribution in [0.3, 0.4) is 0 Å². The number of pyridine rings is 1. The lowest BCUT2D eigenvalue weighted by Gasteiger charge is -2.16. The van der Waals surface area contributed by atoms with Gasteiger partial charge in [-0.15, -0.1) is 0 Å². The number of hydrogen-bond donors (Lipinski definition) is 2. The molecule has 0 bridgehead atoms. The second-order valence-corrected chi connectivity index (χ2v) is 3.96. The van der Waals surface area contributed by atoms with E-state index in [0.29, 0.717) is 17.5 Å². The van der Waals surface area contributed by atoms with Crippen LogP contribution in [0.15, 0.2) is 17.1 Å². The molecule has 0 aromatic carbocycles. The summed E-state index contributed by atoms with van der Waals surface area (Å²) in [6.45, 7) is 4.20. The minimum atomic E-state index is 0.199. The maximum absolute atomic E-state index is 5.80. The summed E-state index contributed by atoms with van der Waals surface area (Å²) in [4.78, 5) is 8.37. The Morgan fingerprint density at radius 2 is 2.11 bits per heavy atom. The quantitative estimate of drug-likeness (QED) is 0.598. The number of ether oxygens (including phenoxy) is 1. The molecule has 0 spiro atoms. The Morgan fingerprint density at radius 3 is 2.61 bits per heavy atom. The molecule has 0 atom stereocenters. The minimum Gasteiger partial charge on any atom is -0.474 e. The molecule has 0 saturated carbocycles. The lowest BCUT2D eigenvalue weighted by molar-refractivity contribution is 0.185. The second kappa shape index (κ2) is 6.83. The van der Waals surface area contributed by atoms with Crippen LogP contribution in [-0.4, -0.2) is 31.0 Å². The van der Waals surface area contributed by atoms with Gasteiger partial charge in [-0.3, -0.25) is 4.99 Å². The largest absolute Gasteiger partial charge is 0.474 e. The van der Waals surface area contributed by atoms with Crippen LogP contribution in [-0.2, 0) is 0 Å². The van der Waals surface area contributed by atoms with Crippen molar-refractivity contribution < 1.29 is 4.74 Å². The SMILES string of the molecule is CCC(CC)Oc1ccc(C(N)=NC)c(NC)n1. The predicted molar refractivity (Wildman–Crippen MR) is 75.4 cm³/mol. The van der Waals surface area contributed by atoms with Crippen molar-refractivity contribution in [2.24, 2.45) is 10.7 Å². The van der Waals surface area contributed by atoms with E-state index in [0.717, 1.165) is 18.4 Å². The van der Waals surface area contributed by atoms with Gasteiger partial charge < -0.3 is 15.8 Å². The van der Waals surface area contributed by atoms with Crippen LogP contribution in [0, 0.1) is 0 Å². The highest BCUT2D eigenvalue weighted by Gasteiger charge is 2.11. The Hall–Kier alpha value is -1.78. The third-order valence-corrected chi connectivity index (χ3v) is 2.82. The first-order valence-corrected chi connectivity index (χ1v) is 6.24. The van der Waals surface area contributed by atoms with Crippen molar-refractivity contribution in [2.45, 2.75) is 32.8 Å². The van der Waals surface area contributed by atoms with Gasteiger partial charge in [0.15, 0.2) is 0 Å². The van der Waals surface area contributed by atoms with E-state index >= 15 is 0 Å². The summed E-state index contributed by atoms with van der Waals surface area (Å²) in [5.74, 6) is 1.75. The first-order valence-electron chi connectivity index (χ1n) is 6.24. The topological polar surface area (TPSA) is 72.5 Å². The summed E-state index contributed by atoms with van der Waals surface area (Å²) in [5.41, 5.74) is 6.59. The number of hydrogen-bond acceptors (Lipinski definition) is 4. The first kappa shape index (κ1) is 14.3. The lowest BCUT2D eigenvalue weighted by atomic mass is 10.2. The van der Waals surface area contributed by atoms with E-state index in [-0.39, 0.29) is 6.10 Å². The Kier molecular flexibility index (Phi) is 5.42. The van der Waals surface area contributed by atoms with Gasteiger partial charge in [0.1, 0.15) is 11.7 Å². The van der Waals surface area contributed by atoms with E-state index in [1.165, 1.54) is 0 Å². The van der Waals surface area contributed by atoms with Crippen LogP contribution in [0.5, 0.6) is 5.88 Å². The Bertz CT molecular complexity index is 413. The van der Waals surface area contributed by atoms with Crippen molar-refractivity contribution in [1.82, 2.24) is 4.98 Å². The molecule has 0 radical (unpaired) electrons. The highest BCUT2D eigenvalue weighted by molar-refractivity contribution is 6.01. The molecule has 1 aromatic heterocycles. The highest BCUT2D eigenvalue weighted by Crippen LogP contribution is 2.19. The third kappa shape index (κ3) is 3.35. The number of nitrogens with one attached hydrogen (secondary N) is 1. The van der Waals surface area contributed by atoms with Crippen LogP contribution < -0.4 is 15.8 Å². The van der Waals surface area contributed by atoms with Crippen LogP contribution in [0.2, 0.25) is 0 Å². The number of aliphatic imine (C=N–C) groups is 1. The van der Waals surface area contributed by atoms with Crippen molar-refractivity contribution in [3.8, 4) is 5.88 Å². The van der Waals surface area contributed by atoms with E-state index in [1.54, 1.807) is 14.1 Å². The normalized spacial score (nSPS) is 11.7. The Balaban J connectivity index is 2.98. The fourth-order valence-electron chi connectivity index (χ4n) is 1.65. The van der Waals surface area contributed by atoms with Gasteiger partial charge in [0, 0.05) is 20.2 Å². The summed E-state index contributed by atoms with van der Waals surface area (Å²) in [6.07, 6.45) is 2.13. The van der Waals surface area contributed by atoms with Crippen LogP contribution in [0.25, 0.3) is 0 Å². The molecule has 0 amide bonds. The molecule has 18 heavy (non-hydrogen) atoms. The van der Waals surface area contributed by atoms with E-state index in [9.17, 15) is 0 Å². The van der Waals surface area contributed by atoms with E-state index in [1.807, 2.05) is 12.1 Å². The van der Waals surface area contributed by atoms with Crippen LogP contribution in [0.1, 0.15) is 32.3 Å². The lowest BCUT2D eigenvalue weighted by Crippen LogP contribution is -2.18. The zero-order valence-electron chi connectivity index (χ0n) is 11.5. The molecule has 1 rings (SSSR count). The predicted octanol–water partition coefficient (Wildman–Crippen LogP) is 2.03. The first-order chi connectivity index (χ1) is 8.65. The summed E-state index contributed by atoms with van der Waals surface area (Å²) in [7, 11) is 3.46. The number of anilines is 1. The molecule has 3 N–H and O–H groups in total. The van der Waals surface area contributed by atoms with Gasteiger partial charge in [-0.2, -0.15) is 4.98 Å². The molecule has 0 aliphatic heterocycles. The molecule has 0 aliphatic rings. The zero-order chi connectivity index (χ0) is 13.5. The van der Waals surface area contributed by atoms with Crippen molar-refractivity contribution in [3.63, 3.8) is 0 Å². The smallest absolute Gasteiger partial charge is 0.215 e. The van der Waals surface area contributed by atoms with Crippen molar-refractivity contribution >= 4 is 11.7 Å². The van der Waals surface area contributed by atoms with Gasteiger partial charge in [-0.25, -0.2) is 0 Å². The molecule has 0 unspecified atom stereocenters. The van der Waals surface area contributed by atoms with Crippen molar-refractivity contribution in [3.05, 3.63) is 17.7 Å². The van der Waals surface area contributed by atoms with Crippen LogP contribution in [0.4, 0.5) is 5.82 Å². The monoisotopic (exact) mass is 250 g/mol. The van der Waals surface area contributed by atoms with Gasteiger partial charge in [-0.05, 0) is 18.9 Å². The highest BCUT2D eigenvalue weighted by atomic mass is 16.5. The molecule has 0 saturated heterocycles. The number of aromatic nitrogens is 1. The fraction of sp³-hybridized carbons (Fsp3) is 0.538. The van der Waals surface area contributed by atoms with Crippen molar-refractivity contribution in [2.75, 3.05) is 19.4 Å². The van der Waals surface area contributed by atoms with Gasteiger partial charge in [-0.1, -0.05) is 13.8 Å². The summed E-state index contributed by atoms with van der Waals surface area (Å²) < 4.78 is 5.79. The fourth-order valence-corrected chi connectivity index (χ4v) is 1.65. The number of rotatable bonds is 6. The Morgan fingerprint density at radius 1 is 1.44 bits per heavy atom. The Labute approximate surface area is 108 Å². The number of nitrogens with two attached hydrogens (primary N) is 1. The number of amidine groups is 1. The molecule has 5 nitrogen and oxygen atoms in total. The average molecular weight is 250 g/mol. The molecule has 5 heteroatoms. The number of nitrogens with zero attached hydrogens (tertiary/aromatic N) is 2. The third-order valence-electron chi connectivity index (χ3n) is 2.82. The summed E-state index contributed by atoms with van der Waals surface area (Å²) >= 11 is 0. The maximum Gasteiger partial charge on any atom is 0.215 e. The van der Waals surface area contributed by atoms with Gasteiger partial charge in [0.25, 0.3) is 0 Å². The van der Waals surface area contributed by atoms with Gasteiger partial charge in [0.05, 0.1) is 11.7 Å². The molecule has 1 aromatic rings. The van der Waals surface area contributed by atoms with E-state index in [4.69, 9.17) is 10.5 Å². The van der Waals surface area contributed by atoms with Gasteiger partial charge >= 0.3 is 0 Å². The molecule has 0 aliphatic carbocycles. The van der Waals surface area contributed by atoms with Crippen molar-refractivity contribution in [1.29, 1.82) is 0 Å². The summed E-state index contributed by atoms with van der Waals surface area (Å²) in [6, 6.07) is 3.70. The molecule has 1 heterocycles. The molecular formula is C13H22N4O. The minimum absolute atomic E-state index is 0.199. The van der Waals surface area contributed by atoms with Gasteiger partial charge in [0.2, 0.25) is 5.88 Å².